The molecule has 0 saturated carbocycles. The molecule has 2 aromatic heterocycles. The maximum absolute atomic E-state index is 11.6. The zero-order valence-electron chi connectivity index (χ0n) is 24.3. The largest absolute Gasteiger partial charge is 0.490 e. The van der Waals surface area contributed by atoms with Gasteiger partial charge in [-0.2, -0.15) is 0 Å². The summed E-state index contributed by atoms with van der Waals surface area (Å²) in [4.78, 5) is 27.5. The molecule has 0 bridgehead atoms. The number of hydrogen-bond donors (Lipinski definition) is 2. The maximum atomic E-state index is 11.6. The Hall–Kier alpha value is -4.66. The zero-order chi connectivity index (χ0) is 29.5. The molecule has 1 atom stereocenters. The first-order chi connectivity index (χ1) is 20.3. The highest BCUT2D eigenvalue weighted by Gasteiger charge is 2.27. The highest BCUT2D eigenvalue weighted by atomic mass is 16.5. The van der Waals surface area contributed by atoms with Gasteiger partial charge in [-0.3, -0.25) is 14.8 Å². The third-order valence-electron chi connectivity index (χ3n) is 7.26. The van der Waals surface area contributed by atoms with Crippen LogP contribution in [0, 0.1) is 5.41 Å². The van der Waals surface area contributed by atoms with Crippen molar-refractivity contribution in [3.8, 4) is 22.6 Å². The Morgan fingerprint density at radius 1 is 1.02 bits per heavy atom. The molecule has 9 nitrogen and oxygen atoms in total. The van der Waals surface area contributed by atoms with Gasteiger partial charge >= 0.3 is 5.97 Å². The van der Waals surface area contributed by atoms with Gasteiger partial charge in [0.05, 0.1) is 42.8 Å². The van der Waals surface area contributed by atoms with Gasteiger partial charge in [-0.05, 0) is 69.4 Å². The van der Waals surface area contributed by atoms with Crippen LogP contribution in [0.5, 0.6) is 11.5 Å². The number of aromatic nitrogens is 3. The van der Waals surface area contributed by atoms with Crippen molar-refractivity contribution < 1.29 is 19.4 Å². The molecule has 2 aromatic carbocycles. The number of anilines is 3. The summed E-state index contributed by atoms with van der Waals surface area (Å²) in [6.07, 6.45) is 9.40. The van der Waals surface area contributed by atoms with E-state index < -0.39 is 11.4 Å². The van der Waals surface area contributed by atoms with Crippen molar-refractivity contribution in [3.63, 3.8) is 0 Å². The Morgan fingerprint density at radius 3 is 2.64 bits per heavy atom. The lowest BCUT2D eigenvalue weighted by Gasteiger charge is -2.33. The molecule has 218 valence electrons. The molecule has 9 heteroatoms. The molecule has 0 radical (unpaired) electrons. The number of hydrogen-bond acceptors (Lipinski definition) is 8. The van der Waals surface area contributed by atoms with E-state index in [0.717, 1.165) is 59.1 Å². The molecule has 0 aliphatic carbocycles. The van der Waals surface area contributed by atoms with Crippen molar-refractivity contribution in [2.45, 2.75) is 46.1 Å². The first-order valence-corrected chi connectivity index (χ1v) is 14.3. The van der Waals surface area contributed by atoms with Crippen molar-refractivity contribution >= 4 is 23.3 Å². The fraction of sp³-hybridized carbons (Fsp3) is 0.333. The predicted octanol–water partition coefficient (Wildman–Crippen LogP) is 6.38. The second-order valence-corrected chi connectivity index (χ2v) is 11.1. The van der Waals surface area contributed by atoms with Crippen molar-refractivity contribution in [1.29, 1.82) is 0 Å². The Balaban J connectivity index is 1.27. The molecule has 1 aliphatic rings. The van der Waals surface area contributed by atoms with Crippen LogP contribution in [0.1, 0.15) is 39.2 Å². The van der Waals surface area contributed by atoms with Gasteiger partial charge in [-0.15, -0.1) is 0 Å². The average Bonchev–Trinajstić information content (AvgIpc) is 2.99. The standard InChI is InChI=1S/C33H37N5O4/c1-4-41-28-12-5-6-13-29(28)42-27-11-8-14-38(22-27)31-21-35-20-30(37-31)36-26-16-25(18-34-19-26)24-10-7-9-23(15-24)17-33(2,3)32(39)40/h5-7,9-10,12-13,15-16,18-21,27H,4,8,11,14,17,22H2,1-3H3,(H,36,37)(H,39,40)/t27-/m1/s1. The summed E-state index contributed by atoms with van der Waals surface area (Å²) in [6, 6.07) is 17.7. The average molecular weight is 568 g/mol. The third-order valence-corrected chi connectivity index (χ3v) is 7.26. The van der Waals surface area contributed by atoms with Gasteiger partial charge < -0.3 is 24.8 Å². The Kier molecular flexibility index (Phi) is 8.85. The summed E-state index contributed by atoms with van der Waals surface area (Å²) >= 11 is 0. The van der Waals surface area contributed by atoms with E-state index in [1.165, 1.54) is 0 Å². The summed E-state index contributed by atoms with van der Waals surface area (Å²) in [6.45, 7) is 7.60. The number of carbonyl (C=O) groups is 1. The summed E-state index contributed by atoms with van der Waals surface area (Å²) in [5.74, 6) is 2.10. The minimum atomic E-state index is -0.849. The quantitative estimate of drug-likeness (QED) is 0.213. The van der Waals surface area contributed by atoms with Gasteiger partial charge in [-0.25, -0.2) is 4.98 Å². The number of aliphatic carboxylic acids is 1. The van der Waals surface area contributed by atoms with Crippen molar-refractivity contribution in [3.05, 3.63) is 84.9 Å². The van der Waals surface area contributed by atoms with Crippen LogP contribution >= 0.6 is 0 Å². The number of carboxylic acids is 1. The number of pyridine rings is 1. The number of nitrogens with one attached hydrogen (secondary N) is 1. The van der Waals surface area contributed by atoms with E-state index in [-0.39, 0.29) is 6.10 Å². The van der Waals surface area contributed by atoms with Crippen molar-refractivity contribution in [1.82, 2.24) is 15.0 Å². The summed E-state index contributed by atoms with van der Waals surface area (Å²) < 4.78 is 12.1. The van der Waals surface area contributed by atoms with Gasteiger partial charge in [-0.1, -0.05) is 36.4 Å². The lowest BCUT2D eigenvalue weighted by Crippen LogP contribution is -2.41. The summed E-state index contributed by atoms with van der Waals surface area (Å²) in [5.41, 5.74) is 2.78. The second kappa shape index (κ2) is 12.9. The van der Waals surface area contributed by atoms with Crippen LogP contribution in [0.15, 0.2) is 79.4 Å². The van der Waals surface area contributed by atoms with E-state index in [1.54, 1.807) is 38.6 Å². The van der Waals surface area contributed by atoms with Gasteiger partial charge in [0.25, 0.3) is 0 Å². The van der Waals surface area contributed by atoms with Gasteiger partial charge in [0.2, 0.25) is 0 Å². The van der Waals surface area contributed by atoms with E-state index in [9.17, 15) is 9.90 Å². The van der Waals surface area contributed by atoms with E-state index in [2.05, 4.69) is 20.2 Å². The molecular weight excluding hydrogens is 530 g/mol. The number of ether oxygens (including phenoxy) is 2. The number of piperidine rings is 1. The van der Waals surface area contributed by atoms with Crippen LogP contribution in [-0.2, 0) is 11.2 Å². The van der Waals surface area contributed by atoms with Crippen LogP contribution in [0.2, 0.25) is 0 Å². The van der Waals surface area contributed by atoms with Crippen LogP contribution in [0.25, 0.3) is 11.1 Å². The second-order valence-electron chi connectivity index (χ2n) is 11.1. The third kappa shape index (κ3) is 7.15. The molecule has 42 heavy (non-hydrogen) atoms. The normalized spacial score (nSPS) is 15.2. The zero-order valence-corrected chi connectivity index (χ0v) is 24.3. The smallest absolute Gasteiger partial charge is 0.309 e. The molecule has 0 spiro atoms. The number of nitrogens with zero attached hydrogens (tertiary/aromatic N) is 4. The number of rotatable bonds is 11. The lowest BCUT2D eigenvalue weighted by molar-refractivity contribution is -0.146. The molecule has 2 N–H and O–H groups in total. The van der Waals surface area contributed by atoms with Crippen LogP contribution < -0.4 is 19.7 Å². The van der Waals surface area contributed by atoms with E-state index >= 15 is 0 Å². The molecule has 3 heterocycles. The maximum Gasteiger partial charge on any atom is 0.309 e. The minimum Gasteiger partial charge on any atom is -0.490 e. The number of benzene rings is 2. The molecule has 1 fully saturated rings. The Morgan fingerprint density at radius 2 is 1.83 bits per heavy atom. The lowest BCUT2D eigenvalue weighted by atomic mass is 9.85. The monoisotopic (exact) mass is 567 g/mol. The van der Waals surface area contributed by atoms with E-state index in [4.69, 9.17) is 14.5 Å². The van der Waals surface area contributed by atoms with E-state index in [0.29, 0.717) is 25.4 Å². The SMILES string of the molecule is CCOc1ccccc1O[C@@H]1CCCN(c2cncc(Nc3cncc(-c4cccc(CC(C)(C)C(=O)O)c4)c3)n2)C1. The first kappa shape index (κ1) is 28.9. The predicted molar refractivity (Wildman–Crippen MR) is 164 cm³/mol. The molecule has 0 amide bonds. The van der Waals surface area contributed by atoms with E-state index in [1.807, 2.05) is 61.5 Å². The van der Waals surface area contributed by atoms with Crippen LogP contribution in [-0.4, -0.2) is 51.8 Å². The number of carboxylic acid groups (broad SMARTS) is 1. The van der Waals surface area contributed by atoms with Gasteiger partial charge in [0.1, 0.15) is 11.9 Å². The molecule has 1 saturated heterocycles. The summed E-state index contributed by atoms with van der Waals surface area (Å²) in [7, 11) is 0. The van der Waals surface area contributed by atoms with Gasteiger partial charge in [0.15, 0.2) is 17.3 Å². The Bertz CT molecular complexity index is 1530. The molecule has 4 aromatic rings. The first-order valence-electron chi connectivity index (χ1n) is 14.3. The molecule has 1 aliphatic heterocycles. The Labute approximate surface area is 246 Å². The van der Waals surface area contributed by atoms with Crippen LogP contribution in [0.4, 0.5) is 17.3 Å². The molecular formula is C33H37N5O4. The van der Waals surface area contributed by atoms with Gasteiger partial charge in [0, 0.05) is 18.3 Å². The minimum absolute atomic E-state index is 0.0106. The highest BCUT2D eigenvalue weighted by Crippen LogP contribution is 2.31. The fourth-order valence-electron chi connectivity index (χ4n) is 5.07. The summed E-state index contributed by atoms with van der Waals surface area (Å²) in [5, 5.41) is 12.9. The fourth-order valence-corrected chi connectivity index (χ4v) is 5.07. The van der Waals surface area contributed by atoms with Crippen LogP contribution in [0.3, 0.4) is 0 Å². The number of para-hydroxylation sites is 2. The van der Waals surface area contributed by atoms with Crippen molar-refractivity contribution in [2.24, 2.45) is 5.41 Å². The highest BCUT2D eigenvalue weighted by molar-refractivity contribution is 5.74. The topological polar surface area (TPSA) is 110 Å². The van der Waals surface area contributed by atoms with Crippen molar-refractivity contribution in [2.75, 3.05) is 29.9 Å². The molecule has 0 unspecified atom stereocenters. The molecule has 5 rings (SSSR count).